The van der Waals surface area contributed by atoms with E-state index in [0.29, 0.717) is 12.1 Å². The lowest BCUT2D eigenvalue weighted by molar-refractivity contribution is 0.139. The van der Waals surface area contributed by atoms with E-state index in [0.717, 1.165) is 11.0 Å². The van der Waals surface area contributed by atoms with Crippen LogP contribution in [0.2, 0.25) is 0 Å². The summed E-state index contributed by atoms with van der Waals surface area (Å²) in [6, 6.07) is 3.60. The van der Waals surface area contributed by atoms with Gasteiger partial charge in [0.15, 0.2) is 11.6 Å². The molecule has 3 heterocycles. The zero-order valence-electron chi connectivity index (χ0n) is 15.4. The van der Waals surface area contributed by atoms with E-state index in [4.69, 9.17) is 4.74 Å². The Labute approximate surface area is 162 Å². The number of aryl methyl sites for hydroxylation is 1. The smallest absolute Gasteiger partial charge is 0.414 e. The van der Waals surface area contributed by atoms with Crippen LogP contribution in [-0.2, 0) is 11.8 Å². The zero-order valence-corrected chi connectivity index (χ0v) is 15.4. The number of ether oxygens (including phenoxy) is 1. The fourth-order valence-corrected chi connectivity index (χ4v) is 3.04. The van der Waals surface area contributed by atoms with Crippen molar-refractivity contribution in [3.63, 3.8) is 0 Å². The van der Waals surface area contributed by atoms with Crippen molar-refractivity contribution in [1.29, 1.82) is 0 Å². The third-order valence-corrected chi connectivity index (χ3v) is 4.55. The summed E-state index contributed by atoms with van der Waals surface area (Å²) in [5, 5.41) is 11.5. The van der Waals surface area contributed by atoms with Crippen molar-refractivity contribution in [2.24, 2.45) is 7.05 Å². The van der Waals surface area contributed by atoms with Crippen molar-refractivity contribution in [3.8, 4) is 22.6 Å². The van der Waals surface area contributed by atoms with Crippen molar-refractivity contribution in [2.75, 3.05) is 11.4 Å². The molecule has 0 bridgehead atoms. The van der Waals surface area contributed by atoms with Gasteiger partial charge in [-0.15, -0.1) is 10.2 Å². The number of aromatic nitrogens is 5. The summed E-state index contributed by atoms with van der Waals surface area (Å²) in [6.45, 7) is 1.81. The average molecular weight is 404 g/mol. The highest BCUT2D eigenvalue weighted by atomic mass is 19.2. The number of nitrogens with zero attached hydrogens (tertiary/aromatic N) is 6. The lowest BCUT2D eigenvalue weighted by Gasteiger charge is -2.16. The van der Waals surface area contributed by atoms with E-state index in [9.17, 15) is 18.0 Å². The summed E-state index contributed by atoms with van der Waals surface area (Å²) < 4.78 is 49.2. The van der Waals surface area contributed by atoms with Gasteiger partial charge in [-0.2, -0.15) is 4.80 Å². The summed E-state index contributed by atoms with van der Waals surface area (Å²) in [6.07, 6.45) is 0.388. The fraction of sp³-hybridized carbons (Fsp3) is 0.278. The average Bonchev–Trinajstić information content (AvgIpc) is 3.31. The van der Waals surface area contributed by atoms with Crippen LogP contribution in [0.1, 0.15) is 13.3 Å². The number of rotatable bonds is 4. The van der Waals surface area contributed by atoms with Crippen LogP contribution in [0, 0.1) is 17.5 Å². The third-order valence-electron chi connectivity index (χ3n) is 4.55. The Hall–Kier alpha value is -3.50. The second kappa shape index (κ2) is 7.15. The van der Waals surface area contributed by atoms with Gasteiger partial charge in [-0.05, 0) is 17.7 Å². The Morgan fingerprint density at radius 3 is 2.62 bits per heavy atom. The molecular formula is C18H15F3N6O2. The third kappa shape index (κ3) is 3.28. The minimum Gasteiger partial charge on any atom is -0.444 e. The first-order valence-corrected chi connectivity index (χ1v) is 8.75. The predicted molar refractivity (Wildman–Crippen MR) is 95.2 cm³/mol. The molecule has 0 N–H and O–H groups in total. The number of pyridine rings is 1. The maximum Gasteiger partial charge on any atom is 0.414 e. The molecule has 1 aliphatic rings. The molecule has 0 radical (unpaired) electrons. The summed E-state index contributed by atoms with van der Waals surface area (Å²) in [5.41, 5.74) is -0.728. The van der Waals surface area contributed by atoms with Crippen molar-refractivity contribution >= 4 is 11.8 Å². The number of tetrazole rings is 1. The van der Waals surface area contributed by atoms with Gasteiger partial charge in [0, 0.05) is 17.8 Å². The predicted octanol–water partition coefficient (Wildman–Crippen LogP) is 3.09. The fourth-order valence-electron chi connectivity index (χ4n) is 3.04. The number of carbonyl (C=O) groups excluding carboxylic acids is 1. The van der Waals surface area contributed by atoms with Crippen LogP contribution in [0.3, 0.4) is 0 Å². The molecule has 0 saturated carbocycles. The lowest BCUT2D eigenvalue weighted by atomic mass is 10.0. The van der Waals surface area contributed by atoms with E-state index in [2.05, 4.69) is 20.4 Å². The number of cyclic esters (lactones) is 1. The molecule has 11 heteroatoms. The Kier molecular flexibility index (Phi) is 4.65. The van der Waals surface area contributed by atoms with Crippen molar-refractivity contribution in [2.45, 2.75) is 19.4 Å². The van der Waals surface area contributed by atoms with Crippen molar-refractivity contribution in [1.82, 2.24) is 25.2 Å². The highest BCUT2D eigenvalue weighted by molar-refractivity contribution is 5.90. The Bertz CT molecular complexity index is 1090. The first-order valence-electron chi connectivity index (χ1n) is 8.75. The quantitative estimate of drug-likeness (QED) is 0.621. The van der Waals surface area contributed by atoms with Gasteiger partial charge in [-0.25, -0.2) is 18.0 Å². The normalized spacial score (nSPS) is 16.4. The van der Waals surface area contributed by atoms with Crippen molar-refractivity contribution in [3.05, 3.63) is 41.8 Å². The SMILES string of the molecule is CC[C@H]1CN(c2cc(F)c(-c3ccc(-c4nnn(C)n4)nc3)c(F)c2F)C(=O)O1. The van der Waals surface area contributed by atoms with Crippen LogP contribution in [-0.4, -0.2) is 43.9 Å². The molecule has 8 nitrogen and oxygen atoms in total. The van der Waals surface area contributed by atoms with E-state index < -0.39 is 40.9 Å². The molecule has 0 spiro atoms. The molecule has 4 rings (SSSR count). The second-order valence-corrected chi connectivity index (χ2v) is 6.44. The van der Waals surface area contributed by atoms with E-state index in [1.54, 1.807) is 14.0 Å². The molecule has 2 aromatic heterocycles. The Balaban J connectivity index is 1.70. The van der Waals surface area contributed by atoms with Gasteiger partial charge in [-0.1, -0.05) is 13.0 Å². The van der Waals surface area contributed by atoms with Gasteiger partial charge in [0.25, 0.3) is 0 Å². The van der Waals surface area contributed by atoms with Gasteiger partial charge in [0.1, 0.15) is 17.6 Å². The molecule has 1 amide bonds. The molecule has 1 atom stereocenters. The first kappa shape index (κ1) is 18.8. The number of carbonyl (C=O) groups is 1. The summed E-state index contributed by atoms with van der Waals surface area (Å²) in [5.74, 6) is -3.55. The standard InChI is InChI=1S/C18H15F3N6O2/c1-3-10-8-27(18(28)29-10)13-6-11(19)14(16(21)15(13)20)9-4-5-12(22-7-9)17-23-25-26(2)24-17/h4-7,10H,3,8H2,1-2H3/t10-/m0/s1. The number of hydrogen-bond donors (Lipinski definition) is 0. The second-order valence-electron chi connectivity index (χ2n) is 6.44. The number of amides is 1. The molecule has 0 unspecified atom stereocenters. The van der Waals surface area contributed by atoms with Crippen LogP contribution in [0.5, 0.6) is 0 Å². The van der Waals surface area contributed by atoms with Crippen LogP contribution in [0.15, 0.2) is 24.4 Å². The summed E-state index contributed by atoms with van der Waals surface area (Å²) in [7, 11) is 1.58. The maximum atomic E-state index is 14.7. The van der Waals surface area contributed by atoms with Crippen LogP contribution >= 0.6 is 0 Å². The van der Waals surface area contributed by atoms with Crippen LogP contribution in [0.4, 0.5) is 23.7 Å². The van der Waals surface area contributed by atoms with Crippen LogP contribution < -0.4 is 4.90 Å². The molecular weight excluding hydrogens is 389 g/mol. The molecule has 0 aliphatic carbocycles. The van der Waals surface area contributed by atoms with Gasteiger partial charge >= 0.3 is 6.09 Å². The molecule has 1 aromatic carbocycles. The van der Waals surface area contributed by atoms with E-state index in [1.165, 1.54) is 23.1 Å². The topological polar surface area (TPSA) is 86.0 Å². The maximum absolute atomic E-state index is 14.7. The number of halogens is 3. The lowest BCUT2D eigenvalue weighted by Crippen LogP contribution is -2.26. The van der Waals surface area contributed by atoms with Crippen molar-refractivity contribution < 1.29 is 22.7 Å². The monoisotopic (exact) mass is 404 g/mol. The minimum atomic E-state index is -1.42. The summed E-state index contributed by atoms with van der Waals surface area (Å²) >= 11 is 0. The van der Waals surface area contributed by atoms with Crippen LogP contribution in [0.25, 0.3) is 22.6 Å². The first-order chi connectivity index (χ1) is 13.9. The van der Waals surface area contributed by atoms with E-state index in [1.807, 2.05) is 0 Å². The Morgan fingerprint density at radius 1 is 1.24 bits per heavy atom. The van der Waals surface area contributed by atoms with Gasteiger partial charge in [-0.3, -0.25) is 9.88 Å². The number of hydrogen-bond acceptors (Lipinski definition) is 6. The molecule has 1 fully saturated rings. The summed E-state index contributed by atoms with van der Waals surface area (Å²) in [4.78, 5) is 18.1. The van der Waals surface area contributed by atoms with E-state index in [-0.39, 0.29) is 17.9 Å². The molecule has 1 aliphatic heterocycles. The van der Waals surface area contributed by atoms with E-state index >= 15 is 0 Å². The highest BCUT2D eigenvalue weighted by Crippen LogP contribution is 2.35. The molecule has 3 aromatic rings. The van der Waals surface area contributed by atoms with Gasteiger partial charge in [0.05, 0.1) is 24.8 Å². The zero-order chi connectivity index (χ0) is 20.7. The van der Waals surface area contributed by atoms with Gasteiger partial charge in [0.2, 0.25) is 5.82 Å². The number of benzene rings is 1. The Morgan fingerprint density at radius 2 is 2.03 bits per heavy atom. The largest absolute Gasteiger partial charge is 0.444 e. The number of anilines is 1. The highest BCUT2D eigenvalue weighted by Gasteiger charge is 2.35. The molecule has 150 valence electrons. The molecule has 1 saturated heterocycles. The molecule has 29 heavy (non-hydrogen) atoms. The van der Waals surface area contributed by atoms with Gasteiger partial charge < -0.3 is 4.74 Å². The minimum absolute atomic E-state index is 0.0197.